The van der Waals surface area contributed by atoms with E-state index >= 15 is 0 Å². The number of hydrogen-bond acceptors (Lipinski definition) is 5. The van der Waals surface area contributed by atoms with Crippen molar-refractivity contribution in [1.82, 2.24) is 0 Å². The Labute approximate surface area is 230 Å². The first-order valence-electron chi connectivity index (χ1n) is 14.6. The van der Waals surface area contributed by atoms with Crippen LogP contribution in [0.1, 0.15) is 115 Å². The van der Waals surface area contributed by atoms with Gasteiger partial charge in [-0.05, 0) is 47.1 Å². The van der Waals surface area contributed by atoms with Crippen molar-refractivity contribution in [2.45, 2.75) is 110 Å². The fraction of sp³-hybridized carbons (Fsp3) is 0.606. The topological polar surface area (TPSA) is 65.0 Å². The lowest BCUT2D eigenvalue weighted by atomic mass is 9.90. The molecule has 38 heavy (non-hydrogen) atoms. The molecule has 2 atom stereocenters. The molecule has 0 radical (unpaired) electrons. The number of esters is 1. The number of carbonyl (C=O) groups excluding carboxylic acids is 1. The van der Waals surface area contributed by atoms with Crippen molar-refractivity contribution in [3.8, 4) is 5.75 Å². The van der Waals surface area contributed by atoms with Crippen molar-refractivity contribution in [3.05, 3.63) is 65.2 Å². The minimum absolute atomic E-state index is 0.152. The highest BCUT2D eigenvalue weighted by atomic mass is 17.1. The van der Waals surface area contributed by atoms with Crippen molar-refractivity contribution in [3.63, 3.8) is 0 Å². The standard InChI is InChI=1S/C33H50O5/c1-6-7-8-9-10-11-12-13-31(32(38-35)24-27-14-16-28(17-15-27)25(2)3)33(34)37-23-22-36-30-20-18-29(19-21-30)26(4)5/h14-21,25-26,31-32,35H,6-13,22-24H2,1-5H3. The van der Waals surface area contributed by atoms with Gasteiger partial charge in [0.1, 0.15) is 25.1 Å². The molecule has 0 aliphatic rings. The summed E-state index contributed by atoms with van der Waals surface area (Å²) in [6, 6.07) is 16.3. The summed E-state index contributed by atoms with van der Waals surface area (Å²) >= 11 is 0. The van der Waals surface area contributed by atoms with Crippen LogP contribution in [-0.4, -0.2) is 30.5 Å². The van der Waals surface area contributed by atoms with Crippen LogP contribution in [-0.2, 0) is 20.8 Å². The molecule has 0 aromatic heterocycles. The molecule has 1 N–H and O–H groups in total. The van der Waals surface area contributed by atoms with Gasteiger partial charge in [-0.1, -0.05) is 116 Å². The molecule has 0 heterocycles. The maximum absolute atomic E-state index is 13.1. The number of benzene rings is 2. The van der Waals surface area contributed by atoms with E-state index in [2.05, 4.69) is 71.0 Å². The molecular weight excluding hydrogens is 476 g/mol. The van der Waals surface area contributed by atoms with Crippen LogP contribution >= 0.6 is 0 Å². The zero-order valence-corrected chi connectivity index (χ0v) is 24.3. The molecule has 0 fully saturated rings. The molecule has 5 heteroatoms. The van der Waals surface area contributed by atoms with E-state index in [1.807, 2.05) is 12.1 Å². The molecular formula is C33H50O5. The van der Waals surface area contributed by atoms with Gasteiger partial charge in [0.25, 0.3) is 0 Å². The second kappa shape index (κ2) is 18.0. The molecule has 0 aliphatic heterocycles. The van der Waals surface area contributed by atoms with Crippen LogP contribution in [0.2, 0.25) is 0 Å². The van der Waals surface area contributed by atoms with Crippen LogP contribution in [0.25, 0.3) is 0 Å². The maximum atomic E-state index is 13.1. The molecule has 2 rings (SSSR count). The monoisotopic (exact) mass is 526 g/mol. The zero-order valence-electron chi connectivity index (χ0n) is 24.3. The smallest absolute Gasteiger partial charge is 0.311 e. The lowest BCUT2D eigenvalue weighted by molar-refractivity contribution is -0.290. The first-order valence-corrected chi connectivity index (χ1v) is 14.6. The van der Waals surface area contributed by atoms with Gasteiger partial charge in [0.05, 0.1) is 5.92 Å². The molecule has 212 valence electrons. The molecule has 2 aromatic rings. The molecule has 0 saturated carbocycles. The van der Waals surface area contributed by atoms with E-state index in [1.165, 1.54) is 36.8 Å². The van der Waals surface area contributed by atoms with Gasteiger partial charge in [0.2, 0.25) is 0 Å². The number of hydrogen-bond donors (Lipinski definition) is 1. The number of ether oxygens (including phenoxy) is 2. The summed E-state index contributed by atoms with van der Waals surface area (Å²) in [6.45, 7) is 11.3. The summed E-state index contributed by atoms with van der Waals surface area (Å²) in [5.41, 5.74) is 3.54. The highest BCUT2D eigenvalue weighted by Gasteiger charge is 2.31. The Hall–Kier alpha value is -2.37. The van der Waals surface area contributed by atoms with Crippen molar-refractivity contribution < 1.29 is 24.4 Å². The van der Waals surface area contributed by atoms with Crippen LogP contribution in [0.4, 0.5) is 0 Å². The van der Waals surface area contributed by atoms with Gasteiger partial charge in [-0.2, -0.15) is 0 Å². The minimum Gasteiger partial charge on any atom is -0.490 e. The summed E-state index contributed by atoms with van der Waals surface area (Å²) in [5.74, 6) is 0.794. The van der Waals surface area contributed by atoms with E-state index in [9.17, 15) is 10.1 Å². The van der Waals surface area contributed by atoms with Gasteiger partial charge in [-0.25, -0.2) is 4.89 Å². The Morgan fingerprint density at radius 1 is 0.763 bits per heavy atom. The Morgan fingerprint density at radius 3 is 1.87 bits per heavy atom. The van der Waals surface area contributed by atoms with Crippen LogP contribution in [0.5, 0.6) is 5.75 Å². The van der Waals surface area contributed by atoms with Gasteiger partial charge in [-0.3, -0.25) is 10.1 Å². The average molecular weight is 527 g/mol. The Morgan fingerprint density at radius 2 is 1.32 bits per heavy atom. The van der Waals surface area contributed by atoms with E-state index in [-0.39, 0.29) is 19.2 Å². The Kier molecular flexibility index (Phi) is 15.1. The van der Waals surface area contributed by atoms with Gasteiger partial charge < -0.3 is 9.47 Å². The lowest BCUT2D eigenvalue weighted by Crippen LogP contribution is -2.34. The second-order valence-electron chi connectivity index (χ2n) is 11.0. The fourth-order valence-corrected chi connectivity index (χ4v) is 4.66. The van der Waals surface area contributed by atoms with Crippen LogP contribution in [0.15, 0.2) is 48.5 Å². The number of carbonyl (C=O) groups is 1. The van der Waals surface area contributed by atoms with Crippen molar-refractivity contribution in [2.75, 3.05) is 13.2 Å². The average Bonchev–Trinajstić information content (AvgIpc) is 2.92. The van der Waals surface area contributed by atoms with Crippen LogP contribution in [0.3, 0.4) is 0 Å². The lowest BCUT2D eigenvalue weighted by Gasteiger charge is -2.23. The molecule has 0 bridgehead atoms. The highest BCUT2D eigenvalue weighted by molar-refractivity contribution is 5.73. The molecule has 2 aromatic carbocycles. The van der Waals surface area contributed by atoms with E-state index in [4.69, 9.17) is 14.4 Å². The predicted molar refractivity (Wildman–Crippen MR) is 155 cm³/mol. The van der Waals surface area contributed by atoms with Crippen molar-refractivity contribution >= 4 is 5.97 Å². The summed E-state index contributed by atoms with van der Waals surface area (Å²) in [6.07, 6.45) is 8.52. The summed E-state index contributed by atoms with van der Waals surface area (Å²) in [7, 11) is 0. The van der Waals surface area contributed by atoms with E-state index < -0.39 is 12.0 Å². The van der Waals surface area contributed by atoms with Gasteiger partial charge in [0, 0.05) is 6.42 Å². The third kappa shape index (κ3) is 11.6. The first kappa shape index (κ1) is 31.8. The van der Waals surface area contributed by atoms with Gasteiger partial charge in [0.15, 0.2) is 0 Å². The zero-order chi connectivity index (χ0) is 27.8. The third-order valence-electron chi connectivity index (χ3n) is 7.23. The summed E-state index contributed by atoms with van der Waals surface area (Å²) in [4.78, 5) is 18.0. The van der Waals surface area contributed by atoms with E-state index in [0.717, 1.165) is 30.6 Å². The first-order chi connectivity index (χ1) is 18.3. The molecule has 0 spiro atoms. The molecule has 2 unspecified atom stereocenters. The van der Waals surface area contributed by atoms with Crippen molar-refractivity contribution in [2.24, 2.45) is 5.92 Å². The minimum atomic E-state index is -0.656. The van der Waals surface area contributed by atoms with Crippen LogP contribution in [0, 0.1) is 5.92 Å². The second-order valence-corrected chi connectivity index (χ2v) is 11.0. The molecule has 0 amide bonds. The fourth-order valence-electron chi connectivity index (χ4n) is 4.66. The Bertz CT molecular complexity index is 889. The Balaban J connectivity index is 1.93. The van der Waals surface area contributed by atoms with Gasteiger partial charge >= 0.3 is 5.97 Å². The number of unbranched alkanes of at least 4 members (excludes halogenated alkanes) is 6. The number of rotatable bonds is 19. The van der Waals surface area contributed by atoms with Crippen LogP contribution < -0.4 is 4.74 Å². The normalized spacial score (nSPS) is 13.1. The highest BCUT2D eigenvalue weighted by Crippen LogP contribution is 2.24. The largest absolute Gasteiger partial charge is 0.490 e. The molecule has 0 saturated heterocycles. The molecule has 0 aliphatic carbocycles. The van der Waals surface area contributed by atoms with Crippen molar-refractivity contribution in [1.29, 1.82) is 0 Å². The quantitative estimate of drug-likeness (QED) is 0.0858. The predicted octanol–water partition coefficient (Wildman–Crippen LogP) is 8.71. The maximum Gasteiger partial charge on any atom is 0.311 e. The van der Waals surface area contributed by atoms with Gasteiger partial charge in [-0.15, -0.1) is 0 Å². The summed E-state index contributed by atoms with van der Waals surface area (Å²) < 4.78 is 11.4. The molecule has 5 nitrogen and oxygen atoms in total. The third-order valence-corrected chi connectivity index (χ3v) is 7.23. The summed E-state index contributed by atoms with van der Waals surface area (Å²) in [5, 5.41) is 9.80. The van der Waals surface area contributed by atoms with E-state index in [0.29, 0.717) is 24.7 Å². The SMILES string of the molecule is CCCCCCCCCC(C(=O)OCCOc1ccc(C(C)C)cc1)C(Cc1ccc(C(C)C)cc1)OO. The van der Waals surface area contributed by atoms with E-state index in [1.54, 1.807) is 0 Å².